The Balaban J connectivity index is 1.76. The third-order valence-corrected chi connectivity index (χ3v) is 5.07. The van der Waals surface area contributed by atoms with Crippen LogP contribution in [0.5, 0.6) is 0 Å². The Kier molecular flexibility index (Phi) is 6.72. The van der Waals surface area contributed by atoms with Crippen molar-refractivity contribution in [3.8, 4) is 0 Å². The molecule has 128 valence electrons. The summed E-state index contributed by atoms with van der Waals surface area (Å²) in [5.74, 6) is 0.829. The van der Waals surface area contributed by atoms with Gasteiger partial charge in [-0.1, -0.05) is 36.7 Å². The van der Waals surface area contributed by atoms with Crippen molar-refractivity contribution < 1.29 is 4.79 Å². The number of halogens is 1. The molecule has 2 amide bonds. The van der Waals surface area contributed by atoms with Crippen LogP contribution in [0.4, 0.5) is 4.79 Å². The average molecular weight is 338 g/mol. The lowest BCUT2D eigenvalue weighted by Crippen LogP contribution is -2.47. The maximum Gasteiger partial charge on any atom is 0.317 e. The molecule has 1 heterocycles. The van der Waals surface area contributed by atoms with Gasteiger partial charge in [0.2, 0.25) is 0 Å². The molecule has 1 N–H and O–H groups in total. The lowest BCUT2D eigenvalue weighted by atomic mass is 9.98. The molecule has 1 fully saturated rings. The lowest BCUT2D eigenvalue weighted by molar-refractivity contribution is 0.142. The highest BCUT2D eigenvalue weighted by Crippen LogP contribution is 2.18. The SMILES string of the molecule is CC1CCN(C(C)CNC(=O)N(C)Cc2ccccc2Cl)CC1. The minimum absolute atomic E-state index is 0.0536. The fraction of sp³-hybridized carbons (Fsp3) is 0.611. The Bertz CT molecular complexity index is 515. The van der Waals surface area contributed by atoms with Crippen molar-refractivity contribution in [2.24, 2.45) is 5.92 Å². The fourth-order valence-corrected chi connectivity index (χ4v) is 3.12. The van der Waals surface area contributed by atoms with Gasteiger partial charge in [-0.15, -0.1) is 0 Å². The van der Waals surface area contributed by atoms with Crippen molar-refractivity contribution in [3.63, 3.8) is 0 Å². The molecule has 5 heteroatoms. The van der Waals surface area contributed by atoms with Gasteiger partial charge in [0.25, 0.3) is 0 Å². The highest BCUT2D eigenvalue weighted by molar-refractivity contribution is 6.31. The lowest BCUT2D eigenvalue weighted by Gasteiger charge is -2.35. The molecule has 0 saturated carbocycles. The van der Waals surface area contributed by atoms with E-state index in [4.69, 9.17) is 11.6 Å². The topological polar surface area (TPSA) is 35.6 Å². The van der Waals surface area contributed by atoms with Gasteiger partial charge < -0.3 is 10.2 Å². The average Bonchev–Trinajstić information content (AvgIpc) is 2.55. The standard InChI is InChI=1S/C18H28ClN3O/c1-14-8-10-22(11-9-14)15(2)12-20-18(23)21(3)13-16-6-4-5-7-17(16)19/h4-7,14-15H,8-13H2,1-3H3,(H,20,23). The quantitative estimate of drug-likeness (QED) is 0.891. The number of likely N-dealkylation sites (tertiary alicyclic amines) is 1. The predicted molar refractivity (Wildman–Crippen MR) is 95.8 cm³/mol. The first-order valence-electron chi connectivity index (χ1n) is 8.43. The summed E-state index contributed by atoms with van der Waals surface area (Å²) in [5, 5.41) is 3.73. The number of piperidine rings is 1. The molecule has 0 bridgehead atoms. The summed E-state index contributed by atoms with van der Waals surface area (Å²) < 4.78 is 0. The fourth-order valence-electron chi connectivity index (χ4n) is 2.92. The Morgan fingerprint density at radius 1 is 1.39 bits per heavy atom. The second kappa shape index (κ2) is 8.55. The van der Waals surface area contributed by atoms with Crippen molar-refractivity contribution in [1.82, 2.24) is 15.1 Å². The second-order valence-electron chi connectivity index (χ2n) is 6.70. The van der Waals surface area contributed by atoms with E-state index in [-0.39, 0.29) is 6.03 Å². The molecule has 0 aliphatic carbocycles. The van der Waals surface area contributed by atoms with Crippen LogP contribution >= 0.6 is 11.6 Å². The van der Waals surface area contributed by atoms with Crippen LogP contribution in [0.3, 0.4) is 0 Å². The van der Waals surface area contributed by atoms with Gasteiger partial charge in [-0.25, -0.2) is 4.79 Å². The molecule has 23 heavy (non-hydrogen) atoms. The van der Waals surface area contributed by atoms with Gasteiger partial charge in [0.05, 0.1) is 0 Å². The van der Waals surface area contributed by atoms with E-state index in [0.717, 1.165) is 24.6 Å². The molecule has 0 aromatic heterocycles. The zero-order valence-electron chi connectivity index (χ0n) is 14.4. The van der Waals surface area contributed by atoms with Crippen LogP contribution < -0.4 is 5.32 Å². The Morgan fingerprint density at radius 2 is 2.04 bits per heavy atom. The van der Waals surface area contributed by atoms with Crippen molar-refractivity contribution in [3.05, 3.63) is 34.9 Å². The Morgan fingerprint density at radius 3 is 2.70 bits per heavy atom. The number of urea groups is 1. The highest BCUT2D eigenvalue weighted by Gasteiger charge is 2.21. The first kappa shape index (κ1) is 18.1. The first-order valence-corrected chi connectivity index (χ1v) is 8.81. The molecule has 1 aromatic rings. The molecule has 0 spiro atoms. The maximum absolute atomic E-state index is 12.3. The van der Waals surface area contributed by atoms with E-state index < -0.39 is 0 Å². The van der Waals surface area contributed by atoms with E-state index in [9.17, 15) is 4.79 Å². The summed E-state index contributed by atoms with van der Waals surface area (Å²) in [6, 6.07) is 7.95. The zero-order chi connectivity index (χ0) is 16.8. The van der Waals surface area contributed by atoms with Crippen LogP contribution in [0.15, 0.2) is 24.3 Å². The number of rotatable bonds is 5. The molecule has 1 aliphatic heterocycles. The highest BCUT2D eigenvalue weighted by atomic mass is 35.5. The van der Waals surface area contributed by atoms with Crippen molar-refractivity contribution >= 4 is 17.6 Å². The van der Waals surface area contributed by atoms with Crippen LogP contribution in [0.2, 0.25) is 5.02 Å². The Hall–Kier alpha value is -1.26. The molecule has 4 nitrogen and oxygen atoms in total. The molecule has 1 saturated heterocycles. The smallest absolute Gasteiger partial charge is 0.317 e. The van der Waals surface area contributed by atoms with Gasteiger partial charge in [-0.3, -0.25) is 4.90 Å². The molecule has 0 radical (unpaired) electrons. The Labute approximate surface area is 144 Å². The van der Waals surface area contributed by atoms with Gasteiger partial charge in [0, 0.05) is 31.2 Å². The second-order valence-corrected chi connectivity index (χ2v) is 7.11. The van der Waals surface area contributed by atoms with E-state index in [1.807, 2.05) is 24.3 Å². The monoisotopic (exact) mass is 337 g/mol. The van der Waals surface area contributed by atoms with E-state index in [0.29, 0.717) is 24.2 Å². The normalized spacial score (nSPS) is 17.7. The summed E-state index contributed by atoms with van der Waals surface area (Å²) in [6.45, 7) is 7.96. The van der Waals surface area contributed by atoms with Crippen LogP contribution in [-0.2, 0) is 6.54 Å². The molecule has 1 aliphatic rings. The number of nitrogens with zero attached hydrogens (tertiary/aromatic N) is 2. The minimum Gasteiger partial charge on any atom is -0.336 e. The summed E-state index contributed by atoms with van der Waals surface area (Å²) in [7, 11) is 1.80. The van der Waals surface area contributed by atoms with E-state index in [1.165, 1.54) is 12.8 Å². The third-order valence-electron chi connectivity index (χ3n) is 4.70. The molecule has 1 unspecified atom stereocenters. The number of hydrogen-bond donors (Lipinski definition) is 1. The maximum atomic E-state index is 12.3. The number of carbonyl (C=O) groups is 1. The summed E-state index contributed by atoms with van der Waals surface area (Å²) in [4.78, 5) is 16.4. The molecule has 2 rings (SSSR count). The van der Waals surface area contributed by atoms with E-state index in [1.54, 1.807) is 11.9 Å². The predicted octanol–water partition coefficient (Wildman–Crippen LogP) is 3.60. The number of benzene rings is 1. The van der Waals surface area contributed by atoms with E-state index >= 15 is 0 Å². The van der Waals surface area contributed by atoms with Crippen LogP contribution in [0.25, 0.3) is 0 Å². The summed E-state index contributed by atoms with van der Waals surface area (Å²) >= 11 is 6.15. The van der Waals surface area contributed by atoms with Crippen LogP contribution in [0.1, 0.15) is 32.3 Å². The van der Waals surface area contributed by atoms with Gasteiger partial charge >= 0.3 is 6.03 Å². The van der Waals surface area contributed by atoms with E-state index in [2.05, 4.69) is 24.1 Å². The molecular formula is C18H28ClN3O. The third kappa shape index (κ3) is 5.40. The van der Waals surface area contributed by atoms with Gasteiger partial charge in [-0.2, -0.15) is 0 Å². The molecular weight excluding hydrogens is 310 g/mol. The molecule has 1 atom stereocenters. The van der Waals surface area contributed by atoms with Gasteiger partial charge in [0.15, 0.2) is 0 Å². The summed E-state index contributed by atoms with van der Waals surface area (Å²) in [6.07, 6.45) is 2.51. The zero-order valence-corrected chi connectivity index (χ0v) is 15.1. The van der Waals surface area contributed by atoms with Crippen LogP contribution in [-0.4, -0.2) is 48.6 Å². The van der Waals surface area contributed by atoms with Crippen molar-refractivity contribution in [2.45, 2.75) is 39.3 Å². The number of carbonyl (C=O) groups excluding carboxylic acids is 1. The van der Waals surface area contributed by atoms with Gasteiger partial charge in [0.1, 0.15) is 0 Å². The number of nitrogens with one attached hydrogen (secondary N) is 1. The van der Waals surface area contributed by atoms with Crippen LogP contribution in [0, 0.1) is 5.92 Å². The molecule has 1 aromatic carbocycles. The van der Waals surface area contributed by atoms with Crippen molar-refractivity contribution in [1.29, 1.82) is 0 Å². The van der Waals surface area contributed by atoms with Gasteiger partial charge in [-0.05, 0) is 50.4 Å². The summed E-state index contributed by atoms with van der Waals surface area (Å²) in [5.41, 5.74) is 0.963. The number of hydrogen-bond acceptors (Lipinski definition) is 2. The largest absolute Gasteiger partial charge is 0.336 e. The minimum atomic E-state index is -0.0536. The first-order chi connectivity index (χ1) is 11.0. The number of amides is 2. The van der Waals surface area contributed by atoms with Crippen molar-refractivity contribution in [2.75, 3.05) is 26.7 Å².